The van der Waals surface area contributed by atoms with E-state index in [0.29, 0.717) is 15.8 Å². The van der Waals surface area contributed by atoms with Crippen LogP contribution in [0.25, 0.3) is 0 Å². The maximum absolute atomic E-state index is 13.2. The van der Waals surface area contributed by atoms with Gasteiger partial charge in [0.15, 0.2) is 0 Å². The topological polar surface area (TPSA) is 60.2 Å². The standard InChI is InChI=1S/C22H27BrN4O/c23-22-11-16-8-17(12-22)10-21(9-16,15-22)13-19(28)26-4-6-27(7-5-26)20-18(14-24)2-1-3-25-20/h1-3,16-17H,4-13,15H2. The average Bonchev–Trinajstić information content (AvgIpc) is 2.65. The Kier molecular flexibility index (Phi) is 4.42. The maximum atomic E-state index is 13.2. The molecular weight excluding hydrogens is 416 g/mol. The summed E-state index contributed by atoms with van der Waals surface area (Å²) in [5.74, 6) is 2.72. The highest BCUT2D eigenvalue weighted by molar-refractivity contribution is 9.10. The fourth-order valence-corrected chi connectivity index (χ4v) is 8.39. The van der Waals surface area contributed by atoms with Crippen molar-refractivity contribution in [3.8, 4) is 6.07 Å². The number of halogens is 1. The predicted molar refractivity (Wildman–Crippen MR) is 111 cm³/mol. The molecule has 1 aliphatic heterocycles. The molecule has 28 heavy (non-hydrogen) atoms. The number of piperazine rings is 1. The number of nitriles is 1. The monoisotopic (exact) mass is 442 g/mol. The molecule has 5 fully saturated rings. The zero-order valence-corrected chi connectivity index (χ0v) is 17.8. The molecule has 0 spiro atoms. The lowest BCUT2D eigenvalue weighted by atomic mass is 9.48. The maximum Gasteiger partial charge on any atom is 0.223 e. The van der Waals surface area contributed by atoms with E-state index in [1.54, 1.807) is 12.3 Å². The summed E-state index contributed by atoms with van der Waals surface area (Å²) in [6, 6.07) is 5.83. The van der Waals surface area contributed by atoms with Gasteiger partial charge < -0.3 is 9.80 Å². The average molecular weight is 443 g/mol. The molecule has 2 unspecified atom stereocenters. The number of rotatable bonds is 3. The fourth-order valence-electron chi connectivity index (χ4n) is 6.88. The lowest BCUT2D eigenvalue weighted by molar-refractivity contribution is -0.138. The van der Waals surface area contributed by atoms with E-state index < -0.39 is 0 Å². The van der Waals surface area contributed by atoms with Gasteiger partial charge >= 0.3 is 0 Å². The van der Waals surface area contributed by atoms with Crippen molar-refractivity contribution in [2.24, 2.45) is 17.3 Å². The summed E-state index contributed by atoms with van der Waals surface area (Å²) < 4.78 is 0.308. The Morgan fingerprint density at radius 2 is 1.93 bits per heavy atom. The van der Waals surface area contributed by atoms with E-state index >= 15 is 0 Å². The van der Waals surface area contributed by atoms with Gasteiger partial charge in [-0.05, 0) is 67.9 Å². The number of nitrogens with zero attached hydrogens (tertiary/aromatic N) is 4. The van der Waals surface area contributed by atoms with Gasteiger partial charge in [0.2, 0.25) is 5.91 Å². The summed E-state index contributed by atoms with van der Waals surface area (Å²) in [6.07, 6.45) is 10.1. The van der Waals surface area contributed by atoms with Gasteiger partial charge in [0.1, 0.15) is 11.9 Å². The first-order valence-electron chi connectivity index (χ1n) is 10.5. The van der Waals surface area contributed by atoms with Crippen molar-refractivity contribution in [1.82, 2.24) is 9.88 Å². The summed E-state index contributed by atoms with van der Waals surface area (Å²) in [5.41, 5.74) is 0.843. The molecule has 1 saturated heterocycles. The third kappa shape index (κ3) is 3.22. The number of pyridine rings is 1. The van der Waals surface area contributed by atoms with Crippen molar-refractivity contribution in [3.63, 3.8) is 0 Å². The van der Waals surface area contributed by atoms with Crippen LogP contribution in [0.1, 0.15) is 50.5 Å². The van der Waals surface area contributed by atoms with Gasteiger partial charge in [0.05, 0.1) is 5.56 Å². The van der Waals surface area contributed by atoms with E-state index in [-0.39, 0.29) is 5.41 Å². The third-order valence-corrected chi connectivity index (χ3v) is 8.40. The van der Waals surface area contributed by atoms with Crippen LogP contribution in [-0.2, 0) is 4.79 Å². The Morgan fingerprint density at radius 1 is 1.21 bits per heavy atom. The molecule has 0 aromatic carbocycles. The number of carbonyl (C=O) groups is 1. The fraction of sp³-hybridized carbons (Fsp3) is 0.682. The number of amides is 1. The molecule has 1 amide bonds. The second kappa shape index (κ2) is 6.73. The molecule has 148 valence electrons. The minimum Gasteiger partial charge on any atom is -0.352 e. The van der Waals surface area contributed by atoms with E-state index in [1.807, 2.05) is 11.0 Å². The minimum atomic E-state index is 0.233. The number of hydrogen-bond donors (Lipinski definition) is 0. The summed E-state index contributed by atoms with van der Waals surface area (Å²) >= 11 is 4.06. The molecule has 4 bridgehead atoms. The zero-order chi connectivity index (χ0) is 19.4. The van der Waals surface area contributed by atoms with Crippen LogP contribution in [0.15, 0.2) is 18.3 Å². The molecule has 6 heteroatoms. The van der Waals surface area contributed by atoms with Crippen LogP contribution < -0.4 is 4.90 Å². The van der Waals surface area contributed by atoms with Crippen molar-refractivity contribution >= 4 is 27.7 Å². The molecule has 0 radical (unpaired) electrons. The van der Waals surface area contributed by atoms with Gasteiger partial charge in [-0.2, -0.15) is 5.26 Å². The summed E-state index contributed by atoms with van der Waals surface area (Å²) in [4.78, 5) is 21.8. The molecule has 1 aromatic heterocycles. The second-order valence-electron chi connectivity index (χ2n) is 9.64. The molecule has 1 aromatic rings. The smallest absolute Gasteiger partial charge is 0.223 e. The third-order valence-electron chi connectivity index (χ3n) is 7.48. The second-order valence-corrected chi connectivity index (χ2v) is 11.3. The van der Waals surface area contributed by atoms with Gasteiger partial charge in [0.25, 0.3) is 0 Å². The lowest BCUT2D eigenvalue weighted by Gasteiger charge is -2.60. The molecule has 6 rings (SSSR count). The van der Waals surface area contributed by atoms with Crippen LogP contribution in [0.2, 0.25) is 0 Å². The van der Waals surface area contributed by atoms with Gasteiger partial charge in [0, 0.05) is 43.1 Å². The molecular formula is C22H27BrN4O. The Balaban J connectivity index is 1.23. The normalized spacial score (nSPS) is 36.4. The lowest BCUT2D eigenvalue weighted by Crippen LogP contribution is -2.55. The molecule has 2 atom stereocenters. The van der Waals surface area contributed by atoms with Crippen molar-refractivity contribution in [2.75, 3.05) is 31.1 Å². The number of anilines is 1. The largest absolute Gasteiger partial charge is 0.352 e. The quantitative estimate of drug-likeness (QED) is 0.669. The SMILES string of the molecule is N#Cc1cccnc1N1CCN(C(=O)CC23CC4CC(CC(Br)(C4)C2)C3)CC1. The van der Waals surface area contributed by atoms with E-state index in [1.165, 1.54) is 38.5 Å². The van der Waals surface area contributed by atoms with Gasteiger partial charge in [-0.3, -0.25) is 4.79 Å². The van der Waals surface area contributed by atoms with E-state index in [9.17, 15) is 10.1 Å². The highest BCUT2D eigenvalue weighted by Crippen LogP contribution is 2.65. The van der Waals surface area contributed by atoms with E-state index in [0.717, 1.165) is 50.3 Å². The van der Waals surface area contributed by atoms with E-state index in [2.05, 4.69) is 31.9 Å². The molecule has 0 N–H and O–H groups in total. The van der Waals surface area contributed by atoms with Crippen molar-refractivity contribution in [1.29, 1.82) is 5.26 Å². The minimum absolute atomic E-state index is 0.233. The summed E-state index contributed by atoms with van der Waals surface area (Å²) in [6.45, 7) is 2.95. The Bertz CT molecular complexity index is 812. The Labute approximate surface area is 175 Å². The molecule has 2 heterocycles. The van der Waals surface area contributed by atoms with Crippen LogP contribution in [0.4, 0.5) is 5.82 Å². The van der Waals surface area contributed by atoms with Gasteiger partial charge in [-0.25, -0.2) is 4.98 Å². The summed E-state index contributed by atoms with van der Waals surface area (Å²) in [7, 11) is 0. The Morgan fingerprint density at radius 3 is 2.57 bits per heavy atom. The van der Waals surface area contributed by atoms with Gasteiger partial charge in [-0.15, -0.1) is 0 Å². The highest BCUT2D eigenvalue weighted by atomic mass is 79.9. The molecule has 4 saturated carbocycles. The highest BCUT2D eigenvalue weighted by Gasteiger charge is 2.57. The van der Waals surface area contributed by atoms with Crippen LogP contribution >= 0.6 is 15.9 Å². The first-order chi connectivity index (χ1) is 13.5. The van der Waals surface area contributed by atoms with E-state index in [4.69, 9.17) is 0 Å². The van der Waals surface area contributed by atoms with Crippen LogP contribution in [0, 0.1) is 28.6 Å². The van der Waals surface area contributed by atoms with Crippen LogP contribution in [0.3, 0.4) is 0 Å². The van der Waals surface area contributed by atoms with Crippen molar-refractivity contribution < 1.29 is 4.79 Å². The zero-order valence-electron chi connectivity index (χ0n) is 16.2. The molecule has 5 aliphatic rings. The summed E-state index contributed by atoms with van der Waals surface area (Å²) in [5, 5.41) is 9.31. The van der Waals surface area contributed by atoms with Crippen molar-refractivity contribution in [2.45, 2.75) is 49.3 Å². The molecule has 5 nitrogen and oxygen atoms in total. The first-order valence-corrected chi connectivity index (χ1v) is 11.3. The van der Waals surface area contributed by atoms with Crippen LogP contribution in [0.5, 0.6) is 0 Å². The van der Waals surface area contributed by atoms with Crippen molar-refractivity contribution in [3.05, 3.63) is 23.9 Å². The first kappa shape index (κ1) is 18.4. The number of carbonyl (C=O) groups excluding carboxylic acids is 1. The predicted octanol–water partition coefficient (Wildman–Crippen LogP) is 3.73. The number of alkyl halides is 1. The number of aromatic nitrogens is 1. The number of hydrogen-bond acceptors (Lipinski definition) is 4. The Hall–Kier alpha value is -1.61. The van der Waals surface area contributed by atoms with Crippen LogP contribution in [-0.4, -0.2) is 46.3 Å². The molecule has 4 aliphatic carbocycles. The van der Waals surface area contributed by atoms with Gasteiger partial charge in [-0.1, -0.05) is 15.9 Å².